The van der Waals surface area contributed by atoms with Crippen molar-refractivity contribution in [3.63, 3.8) is 0 Å². The molecule has 6 heteroatoms. The second-order valence-electron chi connectivity index (χ2n) is 5.05. The summed E-state index contributed by atoms with van der Waals surface area (Å²) in [4.78, 5) is 34.3. The van der Waals surface area contributed by atoms with Crippen LogP contribution >= 0.6 is 0 Å². The normalized spacial score (nSPS) is 25.8. The lowest BCUT2D eigenvalue weighted by atomic mass is 9.82. The molecule has 1 amide bonds. The summed E-state index contributed by atoms with van der Waals surface area (Å²) in [7, 11) is 0. The zero-order chi connectivity index (χ0) is 13.2. The predicted octanol–water partition coefficient (Wildman–Crippen LogP) is 0.453. The Balaban J connectivity index is 1.93. The van der Waals surface area contributed by atoms with Crippen LogP contribution in [0.1, 0.15) is 38.5 Å². The highest BCUT2D eigenvalue weighted by Crippen LogP contribution is 2.41. The van der Waals surface area contributed by atoms with Gasteiger partial charge in [0, 0.05) is 12.8 Å². The first-order valence-corrected chi connectivity index (χ1v) is 6.23. The van der Waals surface area contributed by atoms with Gasteiger partial charge in [-0.3, -0.25) is 9.59 Å². The van der Waals surface area contributed by atoms with E-state index in [0.29, 0.717) is 25.9 Å². The summed E-state index contributed by atoms with van der Waals surface area (Å²) in [5.74, 6) is -1.72. The fraction of sp³-hybridized carbons (Fsp3) is 0.750. The molecule has 2 rings (SSSR count). The van der Waals surface area contributed by atoms with Gasteiger partial charge in [-0.05, 0) is 12.8 Å². The minimum Gasteiger partial charge on any atom is -0.481 e. The Labute approximate surface area is 105 Å². The molecule has 1 unspecified atom stereocenters. The van der Waals surface area contributed by atoms with Gasteiger partial charge >= 0.3 is 11.9 Å². The van der Waals surface area contributed by atoms with E-state index in [2.05, 4.69) is 5.32 Å². The van der Waals surface area contributed by atoms with Crippen molar-refractivity contribution in [1.29, 1.82) is 0 Å². The number of rotatable bonds is 4. The molecule has 0 spiro atoms. The van der Waals surface area contributed by atoms with Gasteiger partial charge in [0.05, 0.1) is 12.0 Å². The summed E-state index contributed by atoms with van der Waals surface area (Å²) < 4.78 is 4.74. The van der Waals surface area contributed by atoms with Crippen LogP contribution in [0.2, 0.25) is 0 Å². The van der Waals surface area contributed by atoms with E-state index in [0.717, 1.165) is 12.8 Å². The van der Waals surface area contributed by atoms with E-state index in [1.165, 1.54) is 0 Å². The maximum atomic E-state index is 11.8. The first kappa shape index (κ1) is 12.9. The van der Waals surface area contributed by atoms with Crippen LogP contribution in [-0.2, 0) is 19.1 Å². The number of carboxylic acid groups (broad SMARTS) is 1. The minimum absolute atomic E-state index is 0.0495. The number of nitrogens with one attached hydrogen (secondary N) is 1. The van der Waals surface area contributed by atoms with Crippen molar-refractivity contribution < 1.29 is 24.2 Å². The van der Waals surface area contributed by atoms with E-state index < -0.39 is 23.4 Å². The molecule has 100 valence electrons. The number of cyclic esters (lactones) is 1. The van der Waals surface area contributed by atoms with E-state index in [4.69, 9.17) is 4.74 Å². The van der Waals surface area contributed by atoms with E-state index in [9.17, 15) is 19.5 Å². The summed E-state index contributed by atoms with van der Waals surface area (Å²) in [6.07, 6.45) is 3.16. The smallest absolute Gasteiger partial charge is 0.328 e. The zero-order valence-corrected chi connectivity index (χ0v) is 10.1. The van der Waals surface area contributed by atoms with Crippen molar-refractivity contribution in [3.05, 3.63) is 0 Å². The number of carboxylic acids is 1. The molecule has 1 saturated heterocycles. The van der Waals surface area contributed by atoms with Gasteiger partial charge in [0.15, 0.2) is 0 Å². The fourth-order valence-corrected chi connectivity index (χ4v) is 2.70. The third kappa shape index (κ3) is 2.47. The predicted molar refractivity (Wildman–Crippen MR) is 60.7 cm³/mol. The maximum absolute atomic E-state index is 11.8. The topological polar surface area (TPSA) is 92.7 Å². The van der Waals surface area contributed by atoms with Gasteiger partial charge < -0.3 is 15.2 Å². The molecule has 1 atom stereocenters. The van der Waals surface area contributed by atoms with Crippen molar-refractivity contribution in [3.8, 4) is 0 Å². The van der Waals surface area contributed by atoms with Crippen molar-refractivity contribution in [2.24, 2.45) is 5.41 Å². The molecule has 1 saturated carbocycles. The Morgan fingerprint density at radius 2 is 2.06 bits per heavy atom. The van der Waals surface area contributed by atoms with Crippen LogP contribution in [0, 0.1) is 5.41 Å². The summed E-state index contributed by atoms with van der Waals surface area (Å²) in [6, 6.07) is -0.607. The lowest BCUT2D eigenvalue weighted by Crippen LogP contribution is -2.42. The molecule has 6 nitrogen and oxygen atoms in total. The Bertz CT molecular complexity index is 373. The van der Waals surface area contributed by atoms with Crippen LogP contribution in [0.4, 0.5) is 0 Å². The number of carbonyl (C=O) groups excluding carboxylic acids is 2. The molecule has 2 aliphatic rings. The second kappa shape index (κ2) is 4.96. The molecule has 2 fully saturated rings. The SMILES string of the molecule is O=C(CC1(C(=O)O)CCCC1)NC1CCOC1=O. The van der Waals surface area contributed by atoms with E-state index in [-0.39, 0.29) is 12.3 Å². The molecular formula is C12H17NO5. The Morgan fingerprint density at radius 1 is 1.39 bits per heavy atom. The van der Waals surface area contributed by atoms with Crippen LogP contribution in [0.15, 0.2) is 0 Å². The van der Waals surface area contributed by atoms with Gasteiger partial charge in [0.1, 0.15) is 6.04 Å². The number of aliphatic carboxylic acids is 1. The number of carbonyl (C=O) groups is 3. The van der Waals surface area contributed by atoms with E-state index in [1.807, 2.05) is 0 Å². The van der Waals surface area contributed by atoms with Crippen LogP contribution in [0.3, 0.4) is 0 Å². The third-order valence-corrected chi connectivity index (χ3v) is 3.78. The minimum atomic E-state index is -0.938. The Hall–Kier alpha value is -1.59. The molecule has 2 N–H and O–H groups in total. The molecule has 0 aromatic heterocycles. The zero-order valence-electron chi connectivity index (χ0n) is 10.1. The highest BCUT2D eigenvalue weighted by Gasteiger charge is 2.43. The maximum Gasteiger partial charge on any atom is 0.328 e. The molecule has 0 aromatic rings. The second-order valence-corrected chi connectivity index (χ2v) is 5.05. The van der Waals surface area contributed by atoms with E-state index in [1.54, 1.807) is 0 Å². The van der Waals surface area contributed by atoms with Crippen LogP contribution in [-0.4, -0.2) is 35.6 Å². The quantitative estimate of drug-likeness (QED) is 0.712. The molecule has 0 radical (unpaired) electrons. The molecule has 0 bridgehead atoms. The van der Waals surface area contributed by atoms with Gasteiger partial charge in [-0.1, -0.05) is 12.8 Å². The monoisotopic (exact) mass is 255 g/mol. The summed E-state index contributed by atoms with van der Waals surface area (Å²) in [5, 5.41) is 11.8. The van der Waals surface area contributed by atoms with Gasteiger partial charge in [-0.25, -0.2) is 4.79 Å². The van der Waals surface area contributed by atoms with Crippen molar-refractivity contribution >= 4 is 17.8 Å². The van der Waals surface area contributed by atoms with Crippen molar-refractivity contribution in [1.82, 2.24) is 5.32 Å². The number of esters is 1. The summed E-state index contributed by atoms with van der Waals surface area (Å²) in [6.45, 7) is 0.313. The van der Waals surface area contributed by atoms with Crippen LogP contribution in [0.5, 0.6) is 0 Å². The van der Waals surface area contributed by atoms with Gasteiger partial charge in [0.25, 0.3) is 0 Å². The molecule has 18 heavy (non-hydrogen) atoms. The highest BCUT2D eigenvalue weighted by atomic mass is 16.5. The lowest BCUT2D eigenvalue weighted by Gasteiger charge is -2.23. The van der Waals surface area contributed by atoms with Gasteiger partial charge in [-0.15, -0.1) is 0 Å². The lowest BCUT2D eigenvalue weighted by molar-refractivity contribution is -0.151. The van der Waals surface area contributed by atoms with Crippen molar-refractivity contribution in [2.45, 2.75) is 44.6 Å². The standard InChI is InChI=1S/C12H17NO5/c14-9(13-8-3-6-18-10(8)15)7-12(11(16)17)4-1-2-5-12/h8H,1-7H2,(H,13,14)(H,16,17). The average Bonchev–Trinajstić information content (AvgIpc) is 2.90. The molecular weight excluding hydrogens is 238 g/mol. The van der Waals surface area contributed by atoms with Gasteiger partial charge in [-0.2, -0.15) is 0 Å². The third-order valence-electron chi connectivity index (χ3n) is 3.78. The van der Waals surface area contributed by atoms with Gasteiger partial charge in [0.2, 0.25) is 5.91 Å². The first-order chi connectivity index (χ1) is 8.53. The number of amides is 1. The summed E-state index contributed by atoms with van der Waals surface area (Å²) >= 11 is 0. The summed E-state index contributed by atoms with van der Waals surface area (Å²) in [5.41, 5.74) is -0.938. The average molecular weight is 255 g/mol. The molecule has 1 aliphatic carbocycles. The Morgan fingerprint density at radius 3 is 2.56 bits per heavy atom. The highest BCUT2D eigenvalue weighted by molar-refractivity contribution is 5.89. The molecule has 1 heterocycles. The van der Waals surface area contributed by atoms with E-state index >= 15 is 0 Å². The molecule has 0 aromatic carbocycles. The fourth-order valence-electron chi connectivity index (χ4n) is 2.70. The Kier molecular flexibility index (Phi) is 3.54. The number of hydrogen-bond donors (Lipinski definition) is 2. The molecule has 1 aliphatic heterocycles. The first-order valence-electron chi connectivity index (χ1n) is 6.23. The number of ether oxygens (including phenoxy) is 1. The largest absolute Gasteiger partial charge is 0.481 e. The number of hydrogen-bond acceptors (Lipinski definition) is 4. The van der Waals surface area contributed by atoms with Crippen LogP contribution < -0.4 is 5.32 Å². The van der Waals surface area contributed by atoms with Crippen molar-refractivity contribution in [2.75, 3.05) is 6.61 Å². The van der Waals surface area contributed by atoms with Crippen LogP contribution in [0.25, 0.3) is 0 Å².